The van der Waals surface area contributed by atoms with Gasteiger partial charge < -0.3 is 4.74 Å². The van der Waals surface area contributed by atoms with Gasteiger partial charge in [0.05, 0.1) is 10.5 Å². The van der Waals surface area contributed by atoms with Gasteiger partial charge in [0.1, 0.15) is 5.75 Å². The molecule has 0 bridgehead atoms. The summed E-state index contributed by atoms with van der Waals surface area (Å²) < 4.78 is 5.47. The summed E-state index contributed by atoms with van der Waals surface area (Å²) >= 11 is 0. The number of nitrogens with zero attached hydrogens (tertiary/aromatic N) is 2. The molecule has 0 aliphatic carbocycles. The summed E-state index contributed by atoms with van der Waals surface area (Å²) in [6, 6.07) is 7.66. The molecule has 6 heteroatoms. The molecular weight excluding hydrogens is 248 g/mol. The number of benzene rings is 1. The number of hydrogen-bond donors (Lipinski definition) is 0. The van der Waals surface area contributed by atoms with E-state index in [-0.39, 0.29) is 11.6 Å². The van der Waals surface area contributed by atoms with E-state index in [0.717, 1.165) is 0 Å². The van der Waals surface area contributed by atoms with E-state index in [9.17, 15) is 14.9 Å². The fraction of sp³-hybridized carbons (Fsp3) is 0.0769. The van der Waals surface area contributed by atoms with Crippen LogP contribution < -0.4 is 4.74 Å². The van der Waals surface area contributed by atoms with Crippen molar-refractivity contribution in [2.24, 2.45) is 0 Å². The van der Waals surface area contributed by atoms with Crippen molar-refractivity contribution in [1.82, 2.24) is 4.98 Å². The van der Waals surface area contributed by atoms with E-state index >= 15 is 0 Å². The lowest BCUT2D eigenvalue weighted by atomic mass is 10.2. The second-order valence-electron chi connectivity index (χ2n) is 3.81. The van der Waals surface area contributed by atoms with Crippen molar-refractivity contribution in [1.29, 1.82) is 0 Å². The van der Waals surface area contributed by atoms with Crippen molar-refractivity contribution in [3.8, 4) is 11.6 Å². The molecule has 0 unspecified atom stereocenters. The van der Waals surface area contributed by atoms with E-state index in [0.29, 0.717) is 23.2 Å². The van der Waals surface area contributed by atoms with E-state index in [1.807, 2.05) is 0 Å². The van der Waals surface area contributed by atoms with Crippen LogP contribution in [0.5, 0.6) is 11.6 Å². The molecule has 0 radical (unpaired) electrons. The quantitative estimate of drug-likeness (QED) is 0.478. The lowest BCUT2D eigenvalue weighted by molar-refractivity contribution is -0.385. The zero-order valence-electron chi connectivity index (χ0n) is 10.1. The number of carbonyl (C=O) groups excluding carboxylic acids is 1. The topological polar surface area (TPSA) is 82.3 Å². The van der Waals surface area contributed by atoms with Gasteiger partial charge in [0, 0.05) is 23.9 Å². The second kappa shape index (κ2) is 5.26. The van der Waals surface area contributed by atoms with Crippen molar-refractivity contribution in [2.75, 3.05) is 0 Å². The maximum atomic E-state index is 10.8. The largest absolute Gasteiger partial charge is 0.439 e. The summed E-state index contributed by atoms with van der Waals surface area (Å²) in [6.45, 7) is 1.60. The average Bonchev–Trinajstić information content (AvgIpc) is 2.41. The number of aldehydes is 1. The molecule has 0 fully saturated rings. The highest BCUT2D eigenvalue weighted by molar-refractivity contribution is 5.74. The number of hydrogen-bond acceptors (Lipinski definition) is 5. The Morgan fingerprint density at radius 1 is 1.32 bits per heavy atom. The highest BCUT2D eigenvalue weighted by Gasteiger charge is 2.14. The Labute approximate surface area is 108 Å². The highest BCUT2D eigenvalue weighted by Crippen LogP contribution is 2.29. The van der Waals surface area contributed by atoms with E-state index in [4.69, 9.17) is 4.74 Å². The number of ether oxygens (including phenoxy) is 1. The van der Waals surface area contributed by atoms with Gasteiger partial charge in [-0.2, -0.15) is 0 Å². The Morgan fingerprint density at radius 2 is 2.11 bits per heavy atom. The molecule has 0 aliphatic rings. The summed E-state index contributed by atoms with van der Waals surface area (Å²) in [6.07, 6.45) is 2.05. The molecule has 0 saturated carbocycles. The molecule has 0 N–H and O–H groups in total. The SMILES string of the molecule is Cc1c(Oc2ccc(C=O)cn2)cccc1[N+](=O)[O-]. The van der Waals surface area contributed by atoms with Gasteiger partial charge in [-0.1, -0.05) is 6.07 Å². The Bertz CT molecular complexity index is 623. The predicted octanol–water partition coefficient (Wildman–Crippen LogP) is 2.90. The van der Waals surface area contributed by atoms with Gasteiger partial charge in [0.15, 0.2) is 6.29 Å². The van der Waals surface area contributed by atoms with Gasteiger partial charge in [-0.3, -0.25) is 14.9 Å². The molecule has 1 heterocycles. The van der Waals surface area contributed by atoms with Gasteiger partial charge in [-0.05, 0) is 19.1 Å². The van der Waals surface area contributed by atoms with Gasteiger partial charge in [-0.15, -0.1) is 0 Å². The molecule has 0 saturated heterocycles. The number of pyridine rings is 1. The Hall–Kier alpha value is -2.76. The van der Waals surface area contributed by atoms with Crippen LogP contribution in [0.1, 0.15) is 15.9 Å². The first-order chi connectivity index (χ1) is 9.11. The predicted molar refractivity (Wildman–Crippen MR) is 67.5 cm³/mol. The average molecular weight is 258 g/mol. The van der Waals surface area contributed by atoms with E-state index in [1.165, 1.54) is 18.3 Å². The Morgan fingerprint density at radius 3 is 2.68 bits per heavy atom. The van der Waals surface area contributed by atoms with Gasteiger partial charge in [0.2, 0.25) is 5.88 Å². The van der Waals surface area contributed by atoms with Crippen LogP contribution in [0.2, 0.25) is 0 Å². The fourth-order valence-corrected chi connectivity index (χ4v) is 1.55. The lowest BCUT2D eigenvalue weighted by Crippen LogP contribution is -1.95. The van der Waals surface area contributed by atoms with Crippen molar-refractivity contribution >= 4 is 12.0 Å². The van der Waals surface area contributed by atoms with E-state index in [2.05, 4.69) is 4.98 Å². The molecule has 96 valence electrons. The van der Waals surface area contributed by atoms with Crippen LogP contribution in [-0.2, 0) is 0 Å². The third kappa shape index (κ3) is 2.74. The van der Waals surface area contributed by atoms with Crippen molar-refractivity contribution < 1.29 is 14.5 Å². The smallest absolute Gasteiger partial charge is 0.276 e. The number of nitro benzene ring substituents is 1. The van der Waals surface area contributed by atoms with Crippen LogP contribution in [0, 0.1) is 17.0 Å². The molecule has 0 spiro atoms. The van der Waals surface area contributed by atoms with Crippen LogP contribution in [0.3, 0.4) is 0 Å². The second-order valence-corrected chi connectivity index (χ2v) is 3.81. The van der Waals surface area contributed by atoms with E-state index in [1.54, 1.807) is 25.1 Å². The maximum absolute atomic E-state index is 10.8. The van der Waals surface area contributed by atoms with Gasteiger partial charge >= 0.3 is 0 Å². The summed E-state index contributed by atoms with van der Waals surface area (Å²) in [7, 11) is 0. The van der Waals surface area contributed by atoms with Crippen molar-refractivity contribution in [2.45, 2.75) is 6.92 Å². The van der Waals surface area contributed by atoms with E-state index < -0.39 is 4.92 Å². The standard InChI is InChI=1S/C13H10N2O4/c1-9-11(15(17)18)3-2-4-12(9)19-13-6-5-10(8-16)7-14-13/h2-8H,1H3. The van der Waals surface area contributed by atoms with Crippen LogP contribution >= 0.6 is 0 Å². The van der Waals surface area contributed by atoms with Crippen LogP contribution in [0.4, 0.5) is 5.69 Å². The number of carbonyl (C=O) groups is 1. The van der Waals surface area contributed by atoms with Crippen LogP contribution in [0.15, 0.2) is 36.5 Å². The molecule has 1 aromatic heterocycles. The fourth-order valence-electron chi connectivity index (χ4n) is 1.55. The normalized spacial score (nSPS) is 9.95. The molecule has 2 aromatic rings. The first kappa shape index (κ1) is 12.7. The third-order valence-corrected chi connectivity index (χ3v) is 2.56. The Balaban J connectivity index is 2.30. The van der Waals surface area contributed by atoms with Gasteiger partial charge in [0.25, 0.3) is 5.69 Å². The third-order valence-electron chi connectivity index (χ3n) is 2.56. The van der Waals surface area contributed by atoms with Crippen molar-refractivity contribution in [3.05, 3.63) is 57.8 Å². The van der Waals surface area contributed by atoms with Gasteiger partial charge in [-0.25, -0.2) is 4.98 Å². The zero-order valence-corrected chi connectivity index (χ0v) is 10.1. The first-order valence-corrected chi connectivity index (χ1v) is 5.45. The number of aromatic nitrogens is 1. The zero-order chi connectivity index (χ0) is 13.8. The molecule has 6 nitrogen and oxygen atoms in total. The van der Waals surface area contributed by atoms with Crippen LogP contribution in [-0.4, -0.2) is 16.2 Å². The monoisotopic (exact) mass is 258 g/mol. The minimum atomic E-state index is -0.467. The van der Waals surface area contributed by atoms with Crippen LogP contribution in [0.25, 0.3) is 0 Å². The number of nitro groups is 1. The molecule has 0 aliphatic heterocycles. The summed E-state index contributed by atoms with van der Waals surface area (Å²) in [4.78, 5) is 24.8. The molecular formula is C13H10N2O4. The molecule has 1 aromatic carbocycles. The minimum Gasteiger partial charge on any atom is -0.439 e. The summed E-state index contributed by atoms with van der Waals surface area (Å²) in [5.41, 5.74) is 0.846. The highest BCUT2D eigenvalue weighted by atomic mass is 16.6. The maximum Gasteiger partial charge on any atom is 0.276 e. The summed E-state index contributed by atoms with van der Waals surface area (Å²) in [5, 5.41) is 10.8. The molecule has 0 amide bonds. The van der Waals surface area contributed by atoms with Crippen molar-refractivity contribution in [3.63, 3.8) is 0 Å². The Kier molecular flexibility index (Phi) is 3.51. The lowest BCUT2D eigenvalue weighted by Gasteiger charge is -2.07. The minimum absolute atomic E-state index is 0.0120. The molecule has 19 heavy (non-hydrogen) atoms. The molecule has 0 atom stereocenters. The molecule has 2 rings (SSSR count). The first-order valence-electron chi connectivity index (χ1n) is 5.45. The number of rotatable bonds is 4. The summed E-state index contributed by atoms with van der Waals surface area (Å²) in [5.74, 6) is 0.634.